The predicted octanol–water partition coefficient (Wildman–Crippen LogP) is 2.97. The van der Waals surface area contributed by atoms with Gasteiger partial charge in [0.25, 0.3) is 0 Å². The second kappa shape index (κ2) is 4.29. The van der Waals surface area contributed by atoms with E-state index in [1.807, 2.05) is 6.07 Å². The first-order chi connectivity index (χ1) is 7.92. The number of thioether (sulfide) groups is 1. The predicted molar refractivity (Wildman–Crippen MR) is 64.4 cm³/mol. The third kappa shape index (κ3) is 2.27. The topological polar surface area (TPSA) is 41.6 Å². The van der Waals surface area contributed by atoms with Gasteiger partial charge in [0.15, 0.2) is 5.82 Å². The number of benzene rings is 1. The van der Waals surface area contributed by atoms with Gasteiger partial charge in [-0.1, -0.05) is 18.2 Å². The zero-order valence-corrected chi connectivity index (χ0v) is 9.70. The summed E-state index contributed by atoms with van der Waals surface area (Å²) in [6.45, 7) is 0. The standard InChI is InChI=1S/C12H13N3S/c1-2-4-10(5-3-1)16-8-11-13-12(15-14-11)9-6-7-9/h1-5,9H,6-8H2,(H,13,14,15). The molecule has 3 rings (SSSR count). The van der Waals surface area contributed by atoms with E-state index in [0.717, 1.165) is 17.4 Å². The minimum Gasteiger partial charge on any atom is -0.262 e. The Morgan fingerprint density at radius 2 is 2.06 bits per heavy atom. The minimum absolute atomic E-state index is 0.631. The summed E-state index contributed by atoms with van der Waals surface area (Å²) >= 11 is 1.79. The van der Waals surface area contributed by atoms with E-state index in [1.165, 1.54) is 17.7 Å². The zero-order valence-electron chi connectivity index (χ0n) is 8.89. The molecule has 16 heavy (non-hydrogen) atoms. The molecular formula is C12H13N3S. The fourth-order valence-electron chi connectivity index (χ4n) is 1.57. The normalized spacial score (nSPS) is 15.2. The molecule has 1 aromatic carbocycles. The molecule has 2 aromatic rings. The fourth-order valence-corrected chi connectivity index (χ4v) is 2.35. The molecular weight excluding hydrogens is 218 g/mol. The Labute approximate surface area is 98.7 Å². The average Bonchev–Trinajstić information content (AvgIpc) is 3.08. The molecule has 0 bridgehead atoms. The fraction of sp³-hybridized carbons (Fsp3) is 0.333. The van der Waals surface area contributed by atoms with E-state index in [0.29, 0.717) is 5.92 Å². The van der Waals surface area contributed by atoms with Crippen LogP contribution in [0.3, 0.4) is 0 Å². The van der Waals surface area contributed by atoms with Gasteiger partial charge in [0.05, 0.1) is 5.75 Å². The van der Waals surface area contributed by atoms with Crippen LogP contribution in [-0.4, -0.2) is 15.2 Å². The van der Waals surface area contributed by atoms with Crippen LogP contribution >= 0.6 is 11.8 Å². The number of H-pyrrole nitrogens is 1. The number of aromatic nitrogens is 3. The van der Waals surface area contributed by atoms with Gasteiger partial charge < -0.3 is 0 Å². The lowest BCUT2D eigenvalue weighted by atomic mass is 10.4. The molecule has 0 radical (unpaired) electrons. The number of nitrogens with zero attached hydrogens (tertiary/aromatic N) is 2. The number of hydrogen-bond donors (Lipinski definition) is 1. The third-order valence-corrected chi connectivity index (χ3v) is 3.63. The van der Waals surface area contributed by atoms with Gasteiger partial charge in [0.1, 0.15) is 5.82 Å². The molecule has 0 atom stereocenters. The van der Waals surface area contributed by atoms with Crippen molar-refractivity contribution in [1.29, 1.82) is 0 Å². The van der Waals surface area contributed by atoms with Crippen LogP contribution in [0.15, 0.2) is 35.2 Å². The Kier molecular flexibility index (Phi) is 2.66. The van der Waals surface area contributed by atoms with Gasteiger partial charge in [-0.2, -0.15) is 5.10 Å². The van der Waals surface area contributed by atoms with Gasteiger partial charge >= 0.3 is 0 Å². The number of rotatable bonds is 4. The quantitative estimate of drug-likeness (QED) is 0.822. The first-order valence-corrected chi connectivity index (χ1v) is 6.49. The van der Waals surface area contributed by atoms with Crippen molar-refractivity contribution in [3.05, 3.63) is 42.0 Å². The lowest BCUT2D eigenvalue weighted by Gasteiger charge is -1.97. The second-order valence-electron chi connectivity index (χ2n) is 4.02. The smallest absolute Gasteiger partial charge is 0.153 e. The molecule has 1 aromatic heterocycles. The van der Waals surface area contributed by atoms with Crippen LogP contribution in [0.1, 0.15) is 30.4 Å². The van der Waals surface area contributed by atoms with Crippen LogP contribution in [-0.2, 0) is 5.75 Å². The number of hydrogen-bond acceptors (Lipinski definition) is 3. The molecule has 1 aliphatic rings. The zero-order chi connectivity index (χ0) is 10.8. The highest BCUT2D eigenvalue weighted by atomic mass is 32.2. The molecule has 1 heterocycles. The first-order valence-electron chi connectivity index (χ1n) is 5.51. The van der Waals surface area contributed by atoms with Crippen LogP contribution in [0, 0.1) is 0 Å². The summed E-state index contributed by atoms with van der Waals surface area (Å²) in [6.07, 6.45) is 2.51. The summed E-state index contributed by atoms with van der Waals surface area (Å²) < 4.78 is 0. The Morgan fingerprint density at radius 3 is 2.81 bits per heavy atom. The van der Waals surface area contributed by atoms with Crippen LogP contribution < -0.4 is 0 Å². The Morgan fingerprint density at radius 1 is 1.25 bits per heavy atom. The largest absolute Gasteiger partial charge is 0.262 e. The van der Waals surface area contributed by atoms with E-state index in [1.54, 1.807) is 11.8 Å². The Hall–Kier alpha value is -1.29. The molecule has 4 heteroatoms. The van der Waals surface area contributed by atoms with Crippen molar-refractivity contribution < 1.29 is 0 Å². The van der Waals surface area contributed by atoms with Gasteiger partial charge in [-0.25, -0.2) is 4.98 Å². The van der Waals surface area contributed by atoms with Crippen LogP contribution in [0.5, 0.6) is 0 Å². The van der Waals surface area contributed by atoms with Crippen LogP contribution in [0.2, 0.25) is 0 Å². The van der Waals surface area contributed by atoms with Crippen molar-refractivity contribution in [2.45, 2.75) is 29.4 Å². The third-order valence-electron chi connectivity index (χ3n) is 2.61. The summed E-state index contributed by atoms with van der Waals surface area (Å²) in [5.41, 5.74) is 0. The summed E-state index contributed by atoms with van der Waals surface area (Å²) in [5, 5.41) is 7.26. The van der Waals surface area contributed by atoms with E-state index < -0.39 is 0 Å². The molecule has 0 saturated heterocycles. The molecule has 0 aliphatic heterocycles. The highest BCUT2D eigenvalue weighted by molar-refractivity contribution is 7.98. The maximum atomic E-state index is 4.50. The highest BCUT2D eigenvalue weighted by Gasteiger charge is 2.27. The van der Waals surface area contributed by atoms with E-state index in [2.05, 4.69) is 39.4 Å². The first kappa shape index (κ1) is 9.90. The van der Waals surface area contributed by atoms with Crippen LogP contribution in [0.25, 0.3) is 0 Å². The van der Waals surface area contributed by atoms with Crippen molar-refractivity contribution in [2.24, 2.45) is 0 Å². The van der Waals surface area contributed by atoms with E-state index in [4.69, 9.17) is 0 Å². The molecule has 1 fully saturated rings. The van der Waals surface area contributed by atoms with Crippen LogP contribution in [0.4, 0.5) is 0 Å². The summed E-state index contributed by atoms with van der Waals surface area (Å²) in [7, 11) is 0. The lowest BCUT2D eigenvalue weighted by Crippen LogP contribution is -1.84. The molecule has 3 nitrogen and oxygen atoms in total. The van der Waals surface area contributed by atoms with Gasteiger partial charge in [-0.3, -0.25) is 5.10 Å². The van der Waals surface area contributed by atoms with Gasteiger partial charge in [-0.15, -0.1) is 11.8 Å². The Bertz CT molecular complexity index is 462. The molecule has 0 amide bonds. The number of aromatic amines is 1. The van der Waals surface area contributed by atoms with Crippen molar-refractivity contribution in [3.63, 3.8) is 0 Å². The molecule has 1 N–H and O–H groups in total. The molecule has 1 aliphatic carbocycles. The van der Waals surface area contributed by atoms with Gasteiger partial charge in [-0.05, 0) is 25.0 Å². The maximum absolute atomic E-state index is 4.50. The lowest BCUT2D eigenvalue weighted by molar-refractivity contribution is 0.934. The van der Waals surface area contributed by atoms with Gasteiger partial charge in [0.2, 0.25) is 0 Å². The van der Waals surface area contributed by atoms with Crippen molar-refractivity contribution in [2.75, 3.05) is 0 Å². The molecule has 82 valence electrons. The van der Waals surface area contributed by atoms with E-state index in [9.17, 15) is 0 Å². The van der Waals surface area contributed by atoms with E-state index >= 15 is 0 Å². The summed E-state index contributed by atoms with van der Waals surface area (Å²) in [6, 6.07) is 10.4. The maximum Gasteiger partial charge on any atom is 0.153 e. The SMILES string of the molecule is c1ccc(SCc2nc(C3CC3)n[nH]2)cc1. The molecule has 0 spiro atoms. The molecule has 1 saturated carbocycles. The average molecular weight is 231 g/mol. The highest BCUT2D eigenvalue weighted by Crippen LogP contribution is 2.37. The minimum atomic E-state index is 0.631. The monoisotopic (exact) mass is 231 g/mol. The summed E-state index contributed by atoms with van der Waals surface area (Å²) in [5.74, 6) is 3.48. The van der Waals surface area contributed by atoms with E-state index in [-0.39, 0.29) is 0 Å². The van der Waals surface area contributed by atoms with Crippen molar-refractivity contribution in [3.8, 4) is 0 Å². The molecule has 0 unspecified atom stereocenters. The van der Waals surface area contributed by atoms with Gasteiger partial charge in [0, 0.05) is 10.8 Å². The van der Waals surface area contributed by atoms with Crippen molar-refractivity contribution >= 4 is 11.8 Å². The number of nitrogens with one attached hydrogen (secondary N) is 1. The van der Waals surface area contributed by atoms with Crippen molar-refractivity contribution in [1.82, 2.24) is 15.2 Å². The second-order valence-corrected chi connectivity index (χ2v) is 5.07. The summed E-state index contributed by atoms with van der Waals surface area (Å²) in [4.78, 5) is 5.77. The Balaban J connectivity index is 1.61.